The van der Waals surface area contributed by atoms with E-state index in [2.05, 4.69) is 12.2 Å². The number of halogens is 3. The minimum absolute atomic E-state index is 0.0583. The number of hydrogen-bond acceptors (Lipinski definition) is 1. The molecular formula is C17H18Cl2FN. The number of unbranched alkanes of at least 4 members (excludes halogenated alkanes) is 1. The molecule has 2 aromatic carbocycles. The summed E-state index contributed by atoms with van der Waals surface area (Å²) in [6.07, 6.45) is 3.09. The Balaban J connectivity index is 2.26. The van der Waals surface area contributed by atoms with Gasteiger partial charge in [-0.15, -0.1) is 0 Å². The van der Waals surface area contributed by atoms with Crippen molar-refractivity contribution in [3.63, 3.8) is 0 Å². The molecule has 0 aliphatic heterocycles. The Kier molecular flexibility index (Phi) is 5.89. The topological polar surface area (TPSA) is 12.0 Å². The molecule has 0 bridgehead atoms. The Labute approximate surface area is 135 Å². The zero-order valence-corrected chi connectivity index (χ0v) is 13.4. The molecule has 0 heterocycles. The summed E-state index contributed by atoms with van der Waals surface area (Å²) in [5.41, 5.74) is 1.76. The van der Waals surface area contributed by atoms with Crippen molar-refractivity contribution in [3.05, 3.63) is 63.9 Å². The monoisotopic (exact) mass is 325 g/mol. The van der Waals surface area contributed by atoms with Crippen molar-refractivity contribution in [2.24, 2.45) is 0 Å². The lowest BCUT2D eigenvalue weighted by Crippen LogP contribution is -2.11. The predicted octanol–water partition coefficient (Wildman–Crippen LogP) is 6.48. The van der Waals surface area contributed by atoms with E-state index in [0.717, 1.165) is 30.5 Å². The molecule has 112 valence electrons. The highest BCUT2D eigenvalue weighted by atomic mass is 35.5. The van der Waals surface area contributed by atoms with Crippen molar-refractivity contribution in [2.45, 2.75) is 32.2 Å². The normalized spacial score (nSPS) is 12.2. The van der Waals surface area contributed by atoms with E-state index >= 15 is 0 Å². The molecule has 0 fully saturated rings. The molecule has 21 heavy (non-hydrogen) atoms. The molecular weight excluding hydrogens is 308 g/mol. The molecule has 0 aliphatic rings. The van der Waals surface area contributed by atoms with Crippen LogP contribution in [0.25, 0.3) is 0 Å². The Bertz CT molecular complexity index is 564. The van der Waals surface area contributed by atoms with Crippen molar-refractivity contribution in [2.75, 3.05) is 5.32 Å². The van der Waals surface area contributed by atoms with Gasteiger partial charge in [-0.25, -0.2) is 4.39 Å². The summed E-state index contributed by atoms with van der Waals surface area (Å²) in [4.78, 5) is 0. The average molecular weight is 326 g/mol. The molecule has 0 amide bonds. The van der Waals surface area contributed by atoms with Crippen LogP contribution in [-0.4, -0.2) is 0 Å². The summed E-state index contributed by atoms with van der Waals surface area (Å²) in [6, 6.07) is 12.0. The van der Waals surface area contributed by atoms with Crippen LogP contribution in [0.3, 0.4) is 0 Å². The van der Waals surface area contributed by atoms with Crippen molar-refractivity contribution < 1.29 is 4.39 Å². The molecule has 0 spiro atoms. The fourth-order valence-corrected chi connectivity index (χ4v) is 2.74. The van der Waals surface area contributed by atoms with Gasteiger partial charge in [0, 0.05) is 0 Å². The summed E-state index contributed by atoms with van der Waals surface area (Å²) in [6.45, 7) is 2.14. The molecule has 4 heteroatoms. The second kappa shape index (κ2) is 7.67. The van der Waals surface area contributed by atoms with E-state index in [9.17, 15) is 4.39 Å². The van der Waals surface area contributed by atoms with Crippen molar-refractivity contribution in [3.8, 4) is 0 Å². The molecule has 0 saturated heterocycles. The molecule has 2 aromatic rings. The lowest BCUT2D eigenvalue weighted by molar-refractivity contribution is 0.616. The molecule has 0 aromatic heterocycles. The van der Waals surface area contributed by atoms with Crippen molar-refractivity contribution in [1.82, 2.24) is 0 Å². The van der Waals surface area contributed by atoms with Gasteiger partial charge in [0.25, 0.3) is 0 Å². The van der Waals surface area contributed by atoms with Gasteiger partial charge in [0.2, 0.25) is 0 Å². The number of benzene rings is 2. The number of rotatable bonds is 6. The minimum Gasteiger partial charge on any atom is -0.376 e. The highest BCUT2D eigenvalue weighted by Gasteiger charge is 2.14. The van der Waals surface area contributed by atoms with Crippen molar-refractivity contribution in [1.29, 1.82) is 0 Å². The molecule has 1 atom stereocenters. The Morgan fingerprint density at radius 1 is 1.05 bits per heavy atom. The van der Waals surface area contributed by atoms with Gasteiger partial charge in [-0.3, -0.25) is 0 Å². The molecule has 2 rings (SSSR count). The van der Waals surface area contributed by atoms with Gasteiger partial charge in [0.1, 0.15) is 5.82 Å². The number of nitrogens with one attached hydrogen (secondary N) is 1. The molecule has 0 radical (unpaired) electrons. The van der Waals surface area contributed by atoms with E-state index in [1.54, 1.807) is 24.3 Å². The zero-order valence-electron chi connectivity index (χ0n) is 11.9. The summed E-state index contributed by atoms with van der Waals surface area (Å²) in [7, 11) is 0. The quantitative estimate of drug-likeness (QED) is 0.641. The van der Waals surface area contributed by atoms with E-state index in [-0.39, 0.29) is 11.9 Å². The summed E-state index contributed by atoms with van der Waals surface area (Å²) < 4.78 is 13.1. The van der Waals surface area contributed by atoms with Gasteiger partial charge in [0.05, 0.1) is 21.8 Å². The smallest absolute Gasteiger partial charge is 0.123 e. The first kappa shape index (κ1) is 16.1. The maximum atomic E-state index is 13.1. The molecule has 1 N–H and O–H groups in total. The fourth-order valence-electron chi connectivity index (χ4n) is 2.24. The van der Waals surface area contributed by atoms with Crippen LogP contribution in [0.4, 0.5) is 10.1 Å². The molecule has 0 aliphatic carbocycles. The number of anilines is 1. The average Bonchev–Trinajstić information content (AvgIpc) is 2.47. The largest absolute Gasteiger partial charge is 0.376 e. The number of para-hydroxylation sites is 1. The first-order chi connectivity index (χ1) is 10.1. The standard InChI is InChI=1S/C17H18Cl2FN/c1-2-3-7-16(12-8-10-13(20)11-9-12)21-17-14(18)5-4-6-15(17)19/h4-6,8-11,16,21H,2-3,7H2,1H3. The lowest BCUT2D eigenvalue weighted by atomic mass is 10.0. The van der Waals surface area contributed by atoms with Crippen LogP contribution in [0.15, 0.2) is 42.5 Å². The first-order valence-electron chi connectivity index (χ1n) is 7.08. The summed E-state index contributed by atoms with van der Waals surface area (Å²) in [5, 5.41) is 4.58. The van der Waals surface area contributed by atoms with Crippen LogP contribution in [-0.2, 0) is 0 Å². The Hall–Kier alpha value is -1.25. The van der Waals surface area contributed by atoms with Crippen molar-refractivity contribution >= 4 is 28.9 Å². The number of hydrogen-bond donors (Lipinski definition) is 1. The molecule has 0 saturated carbocycles. The predicted molar refractivity (Wildman–Crippen MR) is 88.8 cm³/mol. The SMILES string of the molecule is CCCCC(Nc1c(Cl)cccc1Cl)c1ccc(F)cc1. The van der Waals surface area contributed by atoms with Crippen LogP contribution < -0.4 is 5.32 Å². The van der Waals surface area contributed by atoms with E-state index in [1.165, 1.54) is 12.1 Å². The lowest BCUT2D eigenvalue weighted by Gasteiger charge is -2.22. The van der Waals surface area contributed by atoms with Crippen LogP contribution >= 0.6 is 23.2 Å². The molecule has 1 unspecified atom stereocenters. The maximum absolute atomic E-state index is 13.1. The zero-order chi connectivity index (χ0) is 15.2. The molecule has 1 nitrogen and oxygen atoms in total. The van der Waals surface area contributed by atoms with Gasteiger partial charge < -0.3 is 5.32 Å². The Morgan fingerprint density at radius 3 is 2.24 bits per heavy atom. The minimum atomic E-state index is -0.233. The van der Waals surface area contributed by atoms with Gasteiger partial charge in [0.15, 0.2) is 0 Å². The van der Waals surface area contributed by atoms with Crippen LogP contribution in [0, 0.1) is 5.82 Å². The maximum Gasteiger partial charge on any atom is 0.123 e. The van der Waals surface area contributed by atoms with Gasteiger partial charge in [-0.05, 0) is 36.2 Å². The summed E-state index contributed by atoms with van der Waals surface area (Å²) >= 11 is 12.4. The van der Waals surface area contributed by atoms with E-state index in [0.29, 0.717) is 10.0 Å². The second-order valence-corrected chi connectivity index (χ2v) is 5.80. The third-order valence-corrected chi connectivity index (χ3v) is 4.03. The van der Waals surface area contributed by atoms with Gasteiger partial charge >= 0.3 is 0 Å². The van der Waals surface area contributed by atoms with Gasteiger partial charge in [-0.2, -0.15) is 0 Å². The highest BCUT2D eigenvalue weighted by molar-refractivity contribution is 6.39. The van der Waals surface area contributed by atoms with Crippen LogP contribution in [0.5, 0.6) is 0 Å². The third kappa shape index (κ3) is 4.36. The van der Waals surface area contributed by atoms with Crippen LogP contribution in [0.1, 0.15) is 37.8 Å². The third-order valence-electron chi connectivity index (χ3n) is 3.40. The summed E-state index contributed by atoms with van der Waals surface area (Å²) in [5.74, 6) is -0.233. The highest BCUT2D eigenvalue weighted by Crippen LogP contribution is 2.34. The van der Waals surface area contributed by atoms with Gasteiger partial charge in [-0.1, -0.05) is 61.2 Å². The Morgan fingerprint density at radius 2 is 1.67 bits per heavy atom. The fraction of sp³-hybridized carbons (Fsp3) is 0.294. The van der Waals surface area contributed by atoms with Crippen LogP contribution in [0.2, 0.25) is 10.0 Å². The second-order valence-electron chi connectivity index (χ2n) is 4.99. The van der Waals surface area contributed by atoms with E-state index in [4.69, 9.17) is 23.2 Å². The van der Waals surface area contributed by atoms with E-state index in [1.807, 2.05) is 6.07 Å². The first-order valence-corrected chi connectivity index (χ1v) is 7.83. The van der Waals surface area contributed by atoms with E-state index < -0.39 is 0 Å².